The summed E-state index contributed by atoms with van der Waals surface area (Å²) in [6.07, 6.45) is 2.47. The van der Waals surface area contributed by atoms with E-state index >= 15 is 0 Å². The highest BCUT2D eigenvalue weighted by Gasteiger charge is 2.49. The van der Waals surface area contributed by atoms with E-state index < -0.39 is 5.97 Å². The summed E-state index contributed by atoms with van der Waals surface area (Å²) in [5.41, 5.74) is 2.41. The molecule has 1 saturated heterocycles. The van der Waals surface area contributed by atoms with Crippen molar-refractivity contribution in [2.24, 2.45) is 17.8 Å². The predicted octanol–water partition coefficient (Wildman–Crippen LogP) is 4.53. The Balaban J connectivity index is 1.57. The quantitative estimate of drug-likeness (QED) is 0.637. The van der Waals surface area contributed by atoms with Gasteiger partial charge in [0.2, 0.25) is 11.8 Å². The van der Waals surface area contributed by atoms with Gasteiger partial charge in [0.25, 0.3) is 0 Å². The average molecular weight is 414 g/mol. The normalized spacial score (nSPS) is 23.3. The van der Waals surface area contributed by atoms with Crippen molar-refractivity contribution < 1.29 is 19.5 Å². The van der Waals surface area contributed by atoms with Crippen molar-refractivity contribution in [3.63, 3.8) is 0 Å². The molecular weight excluding hydrogens is 392 g/mol. The maximum absolute atomic E-state index is 13.1. The first kappa shape index (κ1) is 19.4. The molecule has 0 spiro atoms. The van der Waals surface area contributed by atoms with Crippen LogP contribution in [0.4, 0.5) is 5.69 Å². The Hall–Kier alpha value is -3.54. The number of aromatic carboxylic acids is 1. The van der Waals surface area contributed by atoms with Crippen LogP contribution in [0.3, 0.4) is 0 Å². The molecule has 1 aromatic heterocycles. The lowest BCUT2D eigenvalue weighted by molar-refractivity contribution is -0.122. The summed E-state index contributed by atoms with van der Waals surface area (Å²) in [6.45, 7) is 2.13. The van der Waals surface area contributed by atoms with E-state index in [1.807, 2.05) is 12.1 Å². The van der Waals surface area contributed by atoms with Gasteiger partial charge in [0.1, 0.15) is 0 Å². The third-order valence-corrected chi connectivity index (χ3v) is 6.53. The molecule has 3 aromatic rings. The summed E-state index contributed by atoms with van der Waals surface area (Å²) in [4.78, 5) is 43.9. The fraction of sp³-hybridized carbons (Fsp3) is 0.280. The fourth-order valence-electron chi connectivity index (χ4n) is 4.95. The van der Waals surface area contributed by atoms with Crippen molar-refractivity contribution >= 4 is 34.4 Å². The van der Waals surface area contributed by atoms with E-state index in [1.54, 1.807) is 42.5 Å². The first-order valence-electron chi connectivity index (χ1n) is 10.6. The molecule has 6 heteroatoms. The number of imide groups is 1. The van der Waals surface area contributed by atoms with E-state index in [1.165, 1.54) is 4.90 Å². The summed E-state index contributed by atoms with van der Waals surface area (Å²) in [6, 6.07) is 15.7. The Labute approximate surface area is 179 Å². The highest BCUT2D eigenvalue weighted by Crippen LogP contribution is 2.42. The van der Waals surface area contributed by atoms with Gasteiger partial charge in [-0.3, -0.25) is 14.5 Å². The summed E-state index contributed by atoms with van der Waals surface area (Å²) >= 11 is 0. The molecule has 1 aliphatic heterocycles. The number of carboxylic acid groups (broad SMARTS) is 1. The van der Waals surface area contributed by atoms with Crippen LogP contribution >= 0.6 is 0 Å². The molecule has 2 fully saturated rings. The highest BCUT2D eigenvalue weighted by atomic mass is 16.4. The number of amides is 2. The van der Waals surface area contributed by atoms with Gasteiger partial charge < -0.3 is 5.11 Å². The smallest absolute Gasteiger partial charge is 0.336 e. The number of hydrogen-bond donors (Lipinski definition) is 1. The molecule has 6 nitrogen and oxygen atoms in total. The Kier molecular flexibility index (Phi) is 4.58. The molecule has 3 atom stereocenters. The zero-order valence-electron chi connectivity index (χ0n) is 17.1. The van der Waals surface area contributed by atoms with Crippen LogP contribution in [-0.2, 0) is 9.59 Å². The Morgan fingerprint density at radius 1 is 1.00 bits per heavy atom. The van der Waals surface area contributed by atoms with Gasteiger partial charge in [0.05, 0.1) is 34.3 Å². The van der Waals surface area contributed by atoms with Crippen molar-refractivity contribution in [1.29, 1.82) is 0 Å². The van der Waals surface area contributed by atoms with Gasteiger partial charge in [0, 0.05) is 10.9 Å². The van der Waals surface area contributed by atoms with Gasteiger partial charge in [-0.1, -0.05) is 37.3 Å². The van der Waals surface area contributed by atoms with Crippen LogP contribution in [0.25, 0.3) is 22.2 Å². The summed E-state index contributed by atoms with van der Waals surface area (Å²) in [5, 5.41) is 10.2. The van der Waals surface area contributed by atoms with Crippen LogP contribution < -0.4 is 4.90 Å². The minimum absolute atomic E-state index is 0.128. The van der Waals surface area contributed by atoms with Gasteiger partial charge in [0.15, 0.2) is 0 Å². The lowest BCUT2D eigenvalue weighted by atomic mass is 9.76. The zero-order valence-corrected chi connectivity index (χ0v) is 17.1. The number of carbonyl (C=O) groups excluding carboxylic acids is 2. The third kappa shape index (κ3) is 3.19. The van der Waals surface area contributed by atoms with Crippen LogP contribution in [0, 0.1) is 17.8 Å². The van der Waals surface area contributed by atoms with E-state index in [-0.39, 0.29) is 29.2 Å². The van der Waals surface area contributed by atoms with E-state index in [0.717, 1.165) is 19.3 Å². The molecule has 0 radical (unpaired) electrons. The van der Waals surface area contributed by atoms with Crippen LogP contribution in [0.15, 0.2) is 54.6 Å². The summed E-state index contributed by atoms with van der Waals surface area (Å²) < 4.78 is 0. The van der Waals surface area contributed by atoms with Crippen LogP contribution in [0.5, 0.6) is 0 Å². The molecule has 0 unspecified atom stereocenters. The molecular formula is C25H22N2O4. The molecule has 2 amide bonds. The first-order chi connectivity index (χ1) is 14.9. The van der Waals surface area contributed by atoms with Gasteiger partial charge in [-0.15, -0.1) is 0 Å². The molecule has 2 aliphatic rings. The molecule has 156 valence electrons. The van der Waals surface area contributed by atoms with E-state index in [2.05, 4.69) is 11.9 Å². The summed E-state index contributed by atoms with van der Waals surface area (Å²) in [5.74, 6) is -1.31. The second-order valence-corrected chi connectivity index (χ2v) is 8.57. The molecule has 1 N–H and O–H groups in total. The number of rotatable bonds is 3. The number of hydrogen-bond acceptors (Lipinski definition) is 4. The molecule has 2 aromatic carbocycles. The Morgan fingerprint density at radius 2 is 1.77 bits per heavy atom. The minimum atomic E-state index is -1.03. The highest BCUT2D eigenvalue weighted by molar-refractivity contribution is 6.22. The standard InChI is InChI=1S/C25H22N2O4/c1-14-9-10-18-19(11-14)24(29)27(23(18)28)16-6-4-5-15(12-16)22-13-20(25(30)31)17-7-2-3-8-21(17)26-22/h2-8,12-14,18-19H,9-11H2,1H3,(H,30,31)/t14-,18+,19+/m0/s1. The van der Waals surface area contributed by atoms with Gasteiger partial charge in [-0.05, 0) is 49.4 Å². The molecule has 0 bridgehead atoms. The second-order valence-electron chi connectivity index (χ2n) is 8.57. The monoisotopic (exact) mass is 414 g/mol. The van der Waals surface area contributed by atoms with Crippen LogP contribution in [0.2, 0.25) is 0 Å². The maximum atomic E-state index is 13.1. The number of benzene rings is 2. The zero-order chi connectivity index (χ0) is 21.7. The van der Waals surface area contributed by atoms with E-state index in [4.69, 9.17) is 0 Å². The van der Waals surface area contributed by atoms with Gasteiger partial charge in [-0.25, -0.2) is 9.78 Å². The topological polar surface area (TPSA) is 87.6 Å². The molecule has 31 heavy (non-hydrogen) atoms. The molecule has 5 rings (SSSR count). The number of aromatic nitrogens is 1. The van der Waals surface area contributed by atoms with E-state index in [9.17, 15) is 19.5 Å². The van der Waals surface area contributed by atoms with Gasteiger partial charge in [-0.2, -0.15) is 0 Å². The number of carboxylic acids is 1. The van der Waals surface area contributed by atoms with Gasteiger partial charge >= 0.3 is 5.97 Å². The second kappa shape index (κ2) is 7.30. The van der Waals surface area contributed by atoms with Crippen molar-refractivity contribution in [1.82, 2.24) is 4.98 Å². The SMILES string of the molecule is C[C@H]1CC[C@H]2C(=O)N(c3cccc(-c4cc(C(=O)O)c5ccccc5n4)c3)C(=O)[C@@H]2C1. The predicted molar refractivity (Wildman–Crippen MR) is 117 cm³/mol. The number of nitrogens with zero attached hydrogens (tertiary/aromatic N) is 2. The largest absolute Gasteiger partial charge is 0.478 e. The van der Waals surface area contributed by atoms with Crippen molar-refractivity contribution in [3.05, 3.63) is 60.2 Å². The average Bonchev–Trinajstić information content (AvgIpc) is 3.02. The summed E-state index contributed by atoms with van der Waals surface area (Å²) in [7, 11) is 0. The van der Waals surface area contributed by atoms with Crippen molar-refractivity contribution in [2.45, 2.75) is 26.2 Å². The van der Waals surface area contributed by atoms with Crippen molar-refractivity contribution in [2.75, 3.05) is 4.90 Å². The molecule has 1 saturated carbocycles. The fourth-order valence-corrected chi connectivity index (χ4v) is 4.95. The Bertz CT molecular complexity index is 1240. The number of para-hydroxylation sites is 1. The molecule has 1 aliphatic carbocycles. The Morgan fingerprint density at radius 3 is 2.58 bits per heavy atom. The lowest BCUT2D eigenvalue weighted by Gasteiger charge is -2.25. The van der Waals surface area contributed by atoms with Crippen LogP contribution in [-0.4, -0.2) is 27.9 Å². The first-order valence-corrected chi connectivity index (χ1v) is 10.6. The molecule has 2 heterocycles. The maximum Gasteiger partial charge on any atom is 0.336 e. The van der Waals surface area contributed by atoms with E-state index in [0.29, 0.717) is 33.8 Å². The third-order valence-electron chi connectivity index (χ3n) is 6.53. The number of pyridine rings is 1. The number of anilines is 1. The number of fused-ring (bicyclic) bond motifs is 2. The number of carbonyl (C=O) groups is 3. The van der Waals surface area contributed by atoms with Crippen molar-refractivity contribution in [3.8, 4) is 11.3 Å². The van der Waals surface area contributed by atoms with Crippen LogP contribution in [0.1, 0.15) is 36.5 Å². The lowest BCUT2D eigenvalue weighted by Crippen LogP contribution is -2.30. The minimum Gasteiger partial charge on any atom is -0.478 e.